The van der Waals surface area contributed by atoms with Gasteiger partial charge in [0.05, 0.1) is 22.4 Å². The van der Waals surface area contributed by atoms with Gasteiger partial charge in [0.2, 0.25) is 0 Å². The Labute approximate surface area is 233 Å². The molecule has 38 heavy (non-hydrogen) atoms. The standard InChI is InChI=1S/C24H28Cl2N8O3S/c1-12-11-34(6-3-14(12)31-22(35)20-18(26)17(25)13(2)30-20)24-32-19(21(38-24)23(36)37)15-9-29-16(10-28-15)33-7-4-27-5-8-33/h9-10,12,14,27,30H,3-8,11H2,1-2H3,(H,31,35)(H,36,37)/t12-,14+/m0/s1. The molecule has 2 atom stereocenters. The minimum Gasteiger partial charge on any atom is -0.477 e. The lowest BCUT2D eigenvalue weighted by atomic mass is 9.94. The first-order chi connectivity index (χ1) is 18.2. The second-order valence-corrected chi connectivity index (χ2v) is 11.3. The van der Waals surface area contributed by atoms with E-state index in [0.717, 1.165) is 43.3 Å². The number of aromatic carboxylic acids is 1. The number of piperidine rings is 1. The van der Waals surface area contributed by atoms with Gasteiger partial charge in [-0.05, 0) is 19.3 Å². The van der Waals surface area contributed by atoms with Gasteiger partial charge < -0.3 is 30.5 Å². The molecule has 202 valence electrons. The maximum absolute atomic E-state index is 12.8. The van der Waals surface area contributed by atoms with Crippen molar-refractivity contribution in [2.45, 2.75) is 26.3 Å². The highest BCUT2D eigenvalue weighted by molar-refractivity contribution is 7.17. The van der Waals surface area contributed by atoms with Crippen molar-refractivity contribution in [1.82, 2.24) is 30.6 Å². The van der Waals surface area contributed by atoms with Gasteiger partial charge in [-0.15, -0.1) is 0 Å². The average Bonchev–Trinajstić information content (AvgIpc) is 3.48. The zero-order chi connectivity index (χ0) is 27.0. The summed E-state index contributed by atoms with van der Waals surface area (Å²) < 4.78 is 0. The fourth-order valence-corrected chi connectivity index (χ4v) is 6.13. The molecule has 3 aromatic heterocycles. The molecule has 0 aliphatic carbocycles. The smallest absolute Gasteiger partial charge is 0.348 e. The van der Waals surface area contributed by atoms with Gasteiger partial charge in [0.15, 0.2) is 5.13 Å². The zero-order valence-electron chi connectivity index (χ0n) is 20.9. The van der Waals surface area contributed by atoms with E-state index in [1.807, 2.05) is 6.92 Å². The van der Waals surface area contributed by atoms with Crippen molar-refractivity contribution in [1.29, 1.82) is 0 Å². The summed E-state index contributed by atoms with van der Waals surface area (Å²) in [5.41, 5.74) is 1.63. The average molecular weight is 580 g/mol. The highest BCUT2D eigenvalue weighted by Crippen LogP contribution is 2.35. The number of carbonyl (C=O) groups is 2. The van der Waals surface area contributed by atoms with Crippen LogP contribution in [0.3, 0.4) is 0 Å². The summed E-state index contributed by atoms with van der Waals surface area (Å²) in [6.07, 6.45) is 3.92. The fraction of sp³-hybridized carbons (Fsp3) is 0.458. The number of aromatic amines is 1. The van der Waals surface area contributed by atoms with Crippen LogP contribution in [0.1, 0.15) is 39.2 Å². The number of halogens is 2. The number of thiazole rings is 1. The van der Waals surface area contributed by atoms with Crippen LogP contribution in [-0.2, 0) is 0 Å². The number of aromatic nitrogens is 4. The first kappa shape index (κ1) is 26.7. The molecule has 0 unspecified atom stereocenters. The molecule has 2 saturated heterocycles. The van der Waals surface area contributed by atoms with Crippen LogP contribution in [0.15, 0.2) is 12.4 Å². The van der Waals surface area contributed by atoms with Crippen LogP contribution in [0.4, 0.5) is 10.9 Å². The van der Waals surface area contributed by atoms with Gasteiger partial charge in [0.25, 0.3) is 5.91 Å². The van der Waals surface area contributed by atoms with Crippen molar-refractivity contribution in [2.75, 3.05) is 49.1 Å². The van der Waals surface area contributed by atoms with E-state index in [9.17, 15) is 14.7 Å². The molecule has 4 N–H and O–H groups in total. The Bertz CT molecular complexity index is 1340. The normalized spacial score (nSPS) is 20.0. The van der Waals surface area contributed by atoms with E-state index in [-0.39, 0.29) is 33.5 Å². The number of nitrogens with one attached hydrogen (secondary N) is 3. The topological polar surface area (TPSA) is 139 Å². The molecule has 2 aliphatic heterocycles. The molecule has 0 saturated carbocycles. The third-order valence-electron chi connectivity index (χ3n) is 6.91. The Morgan fingerprint density at radius 2 is 1.89 bits per heavy atom. The Morgan fingerprint density at radius 3 is 2.50 bits per heavy atom. The van der Waals surface area contributed by atoms with Crippen molar-refractivity contribution >= 4 is 57.4 Å². The largest absolute Gasteiger partial charge is 0.477 e. The number of piperazine rings is 1. The molecule has 3 aromatic rings. The number of hydrogen-bond acceptors (Lipinski definition) is 9. The number of aryl methyl sites for hydroxylation is 1. The van der Waals surface area contributed by atoms with Crippen LogP contribution >= 0.6 is 34.5 Å². The highest BCUT2D eigenvalue weighted by atomic mass is 35.5. The molecule has 5 heterocycles. The van der Waals surface area contributed by atoms with Crippen LogP contribution < -0.4 is 20.4 Å². The molecule has 2 fully saturated rings. The predicted molar refractivity (Wildman–Crippen MR) is 148 cm³/mol. The number of nitrogens with zero attached hydrogens (tertiary/aromatic N) is 5. The monoisotopic (exact) mass is 578 g/mol. The van der Waals surface area contributed by atoms with E-state index >= 15 is 0 Å². The Hall–Kier alpha value is -2.93. The lowest BCUT2D eigenvalue weighted by Gasteiger charge is -2.37. The quantitative estimate of drug-likeness (QED) is 0.347. The van der Waals surface area contributed by atoms with Crippen LogP contribution in [0.25, 0.3) is 11.4 Å². The molecular formula is C24H28Cl2N8O3S. The molecule has 1 amide bonds. The number of hydrogen-bond donors (Lipinski definition) is 4. The van der Waals surface area contributed by atoms with E-state index in [4.69, 9.17) is 23.2 Å². The lowest BCUT2D eigenvalue weighted by Crippen LogP contribution is -2.50. The molecule has 0 bridgehead atoms. The molecule has 0 spiro atoms. The van der Waals surface area contributed by atoms with Gasteiger partial charge in [-0.25, -0.2) is 19.7 Å². The van der Waals surface area contributed by atoms with Crippen molar-refractivity contribution < 1.29 is 14.7 Å². The fourth-order valence-electron chi connectivity index (χ4n) is 4.77. The predicted octanol–water partition coefficient (Wildman–Crippen LogP) is 3.30. The summed E-state index contributed by atoms with van der Waals surface area (Å²) in [7, 11) is 0. The Kier molecular flexibility index (Phi) is 7.75. The zero-order valence-corrected chi connectivity index (χ0v) is 23.3. The van der Waals surface area contributed by atoms with Crippen molar-refractivity contribution in [3.8, 4) is 11.4 Å². The minimum absolute atomic E-state index is 0.0803. The molecule has 0 radical (unpaired) electrons. The lowest BCUT2D eigenvalue weighted by molar-refractivity contribution is 0.0702. The van der Waals surface area contributed by atoms with Crippen LogP contribution in [0.2, 0.25) is 10.0 Å². The summed E-state index contributed by atoms with van der Waals surface area (Å²) in [4.78, 5) is 45.8. The van der Waals surface area contributed by atoms with Crippen LogP contribution in [-0.4, -0.2) is 82.2 Å². The molecule has 14 heteroatoms. The van der Waals surface area contributed by atoms with Gasteiger partial charge in [0, 0.05) is 51.0 Å². The second-order valence-electron chi connectivity index (χ2n) is 9.52. The maximum Gasteiger partial charge on any atom is 0.348 e. The Balaban J connectivity index is 1.29. The van der Waals surface area contributed by atoms with E-state index < -0.39 is 5.97 Å². The van der Waals surface area contributed by atoms with Gasteiger partial charge in [-0.3, -0.25) is 4.79 Å². The third-order valence-corrected chi connectivity index (χ3v) is 8.96. The number of anilines is 2. The number of amides is 1. The maximum atomic E-state index is 12.8. The van der Waals surface area contributed by atoms with Crippen molar-refractivity contribution in [2.24, 2.45) is 5.92 Å². The first-order valence-electron chi connectivity index (χ1n) is 12.3. The van der Waals surface area contributed by atoms with E-state index in [2.05, 4.69) is 40.4 Å². The molecule has 2 aliphatic rings. The molecular weight excluding hydrogens is 551 g/mol. The summed E-state index contributed by atoms with van der Waals surface area (Å²) in [6, 6.07) is -0.0843. The van der Waals surface area contributed by atoms with E-state index in [1.54, 1.807) is 19.3 Å². The summed E-state index contributed by atoms with van der Waals surface area (Å²) in [5.74, 6) is -0.512. The number of carboxylic acids is 1. The van der Waals surface area contributed by atoms with Gasteiger partial charge in [-0.1, -0.05) is 41.5 Å². The Morgan fingerprint density at radius 1 is 1.13 bits per heavy atom. The van der Waals surface area contributed by atoms with Gasteiger partial charge >= 0.3 is 5.97 Å². The van der Waals surface area contributed by atoms with Crippen LogP contribution in [0, 0.1) is 12.8 Å². The SMILES string of the molecule is Cc1[nH]c(C(=O)N[C@@H]2CCN(c3nc(-c4cnc(N5CCNCC5)cn4)c(C(=O)O)s3)C[C@@H]2C)c(Cl)c1Cl. The molecule has 0 aromatic carbocycles. The third kappa shape index (κ3) is 5.31. The number of carbonyl (C=O) groups excluding carboxylic acids is 1. The van der Waals surface area contributed by atoms with E-state index in [0.29, 0.717) is 46.7 Å². The summed E-state index contributed by atoms with van der Waals surface area (Å²) >= 11 is 13.4. The second kappa shape index (κ2) is 11.0. The minimum atomic E-state index is -1.05. The van der Waals surface area contributed by atoms with Crippen LogP contribution in [0.5, 0.6) is 0 Å². The molecule has 11 nitrogen and oxygen atoms in total. The van der Waals surface area contributed by atoms with Gasteiger partial charge in [0.1, 0.15) is 27.8 Å². The number of H-pyrrole nitrogens is 1. The first-order valence-corrected chi connectivity index (χ1v) is 13.9. The summed E-state index contributed by atoms with van der Waals surface area (Å²) in [5, 5.41) is 17.4. The summed E-state index contributed by atoms with van der Waals surface area (Å²) in [6.45, 7) is 8.45. The van der Waals surface area contributed by atoms with Crippen molar-refractivity contribution in [3.63, 3.8) is 0 Å². The van der Waals surface area contributed by atoms with Crippen molar-refractivity contribution in [3.05, 3.63) is 38.7 Å². The highest BCUT2D eigenvalue weighted by Gasteiger charge is 2.32. The van der Waals surface area contributed by atoms with Gasteiger partial charge in [-0.2, -0.15) is 0 Å². The van der Waals surface area contributed by atoms with E-state index in [1.165, 1.54) is 0 Å². The number of rotatable bonds is 6. The number of carboxylic acid groups (broad SMARTS) is 1. The molecule has 5 rings (SSSR count).